The fraction of sp³-hybridized carbons (Fsp3) is 0.167. The smallest absolute Gasteiger partial charge is 0.311 e. The molecule has 2 aromatic rings. The lowest BCUT2D eigenvalue weighted by Gasteiger charge is -2.06. The van der Waals surface area contributed by atoms with Crippen LogP contribution in [0.2, 0.25) is 5.02 Å². The first-order valence-electron chi connectivity index (χ1n) is 4.95. The Morgan fingerprint density at radius 3 is 3.00 bits per heavy atom. The molecule has 0 unspecified atom stereocenters. The molecule has 2 rings (SSSR count). The SMILES string of the molecule is COC(=O)Cc1cc(O)c2c(Cl)cccc2n1. The van der Waals surface area contributed by atoms with Gasteiger partial charge < -0.3 is 9.84 Å². The van der Waals surface area contributed by atoms with Crippen LogP contribution in [0.25, 0.3) is 10.9 Å². The number of benzene rings is 1. The standard InChI is InChI=1S/C12H10ClNO3/c1-17-11(16)6-7-5-10(15)12-8(13)3-2-4-9(12)14-7/h2-5H,6H2,1H3,(H,14,15). The van der Waals surface area contributed by atoms with Crippen molar-refractivity contribution in [2.75, 3.05) is 7.11 Å². The summed E-state index contributed by atoms with van der Waals surface area (Å²) in [5.41, 5.74) is 1.00. The normalized spacial score (nSPS) is 10.5. The van der Waals surface area contributed by atoms with Crippen LogP contribution in [-0.4, -0.2) is 23.2 Å². The highest BCUT2D eigenvalue weighted by Gasteiger charge is 2.10. The zero-order chi connectivity index (χ0) is 12.4. The third-order valence-corrected chi connectivity index (χ3v) is 2.68. The van der Waals surface area contributed by atoms with E-state index in [9.17, 15) is 9.90 Å². The molecule has 0 bridgehead atoms. The lowest BCUT2D eigenvalue weighted by atomic mass is 10.1. The zero-order valence-electron chi connectivity index (χ0n) is 9.11. The highest BCUT2D eigenvalue weighted by Crippen LogP contribution is 2.30. The number of ether oxygens (including phenoxy) is 1. The number of rotatable bonds is 2. The summed E-state index contributed by atoms with van der Waals surface area (Å²) < 4.78 is 4.54. The maximum absolute atomic E-state index is 11.1. The summed E-state index contributed by atoms with van der Waals surface area (Å²) in [6.45, 7) is 0. The molecule has 0 radical (unpaired) electrons. The molecule has 1 aromatic heterocycles. The third-order valence-electron chi connectivity index (χ3n) is 2.37. The van der Waals surface area contributed by atoms with Crippen LogP contribution >= 0.6 is 11.6 Å². The van der Waals surface area contributed by atoms with Crippen molar-refractivity contribution in [3.63, 3.8) is 0 Å². The number of aromatic nitrogens is 1. The summed E-state index contributed by atoms with van der Waals surface area (Å²) in [6, 6.07) is 6.55. The molecule has 4 nitrogen and oxygen atoms in total. The summed E-state index contributed by atoms with van der Waals surface area (Å²) in [5, 5.41) is 10.8. The molecule has 1 aromatic carbocycles. The number of methoxy groups -OCH3 is 1. The molecule has 88 valence electrons. The van der Waals surface area contributed by atoms with E-state index in [1.807, 2.05) is 0 Å². The van der Waals surface area contributed by atoms with E-state index in [2.05, 4.69) is 9.72 Å². The van der Waals surface area contributed by atoms with Gasteiger partial charge in [0, 0.05) is 6.07 Å². The zero-order valence-corrected chi connectivity index (χ0v) is 9.86. The second-order valence-corrected chi connectivity index (χ2v) is 3.93. The van der Waals surface area contributed by atoms with E-state index in [4.69, 9.17) is 11.6 Å². The Kier molecular flexibility index (Phi) is 3.15. The Morgan fingerprint density at radius 2 is 2.29 bits per heavy atom. The van der Waals surface area contributed by atoms with Crippen LogP contribution in [0, 0.1) is 0 Å². The first kappa shape index (κ1) is 11.7. The number of nitrogens with zero attached hydrogens (tertiary/aromatic N) is 1. The Hall–Kier alpha value is -1.81. The number of pyridine rings is 1. The van der Waals surface area contributed by atoms with Crippen LogP contribution in [0.15, 0.2) is 24.3 Å². The van der Waals surface area contributed by atoms with Gasteiger partial charge in [-0.2, -0.15) is 0 Å². The van der Waals surface area contributed by atoms with Crippen LogP contribution in [0.5, 0.6) is 5.75 Å². The molecule has 0 amide bonds. The summed E-state index contributed by atoms with van der Waals surface area (Å²) in [4.78, 5) is 15.4. The number of aromatic hydroxyl groups is 1. The molecule has 0 aliphatic carbocycles. The van der Waals surface area contributed by atoms with Gasteiger partial charge in [0.1, 0.15) is 5.75 Å². The maximum atomic E-state index is 11.1. The molecule has 0 aliphatic rings. The van der Waals surface area contributed by atoms with Crippen molar-refractivity contribution in [3.8, 4) is 5.75 Å². The predicted octanol–water partition coefficient (Wildman–Crippen LogP) is 2.31. The summed E-state index contributed by atoms with van der Waals surface area (Å²) in [5.74, 6) is -0.391. The van der Waals surface area contributed by atoms with Gasteiger partial charge in [-0.1, -0.05) is 17.7 Å². The molecule has 0 aliphatic heterocycles. The minimum atomic E-state index is -0.404. The second kappa shape index (κ2) is 4.59. The van der Waals surface area contributed by atoms with Crippen LogP contribution in [0.1, 0.15) is 5.69 Å². The summed E-state index contributed by atoms with van der Waals surface area (Å²) >= 11 is 5.96. The highest BCUT2D eigenvalue weighted by atomic mass is 35.5. The van der Waals surface area contributed by atoms with Gasteiger partial charge in [0.05, 0.1) is 35.2 Å². The predicted molar refractivity (Wildman–Crippen MR) is 64.1 cm³/mol. The lowest BCUT2D eigenvalue weighted by Crippen LogP contribution is -2.06. The molecule has 0 saturated heterocycles. The van der Waals surface area contributed by atoms with Gasteiger partial charge in [-0.05, 0) is 12.1 Å². The number of carbonyl (C=O) groups excluding carboxylic acids is 1. The van der Waals surface area contributed by atoms with Crippen molar-refractivity contribution >= 4 is 28.5 Å². The quantitative estimate of drug-likeness (QED) is 0.832. The van der Waals surface area contributed by atoms with E-state index < -0.39 is 5.97 Å². The fourth-order valence-corrected chi connectivity index (χ4v) is 1.85. The maximum Gasteiger partial charge on any atom is 0.311 e. The van der Waals surface area contributed by atoms with Crippen LogP contribution in [0.4, 0.5) is 0 Å². The number of esters is 1. The molecule has 0 saturated carbocycles. The fourth-order valence-electron chi connectivity index (χ4n) is 1.59. The minimum Gasteiger partial charge on any atom is -0.507 e. The summed E-state index contributed by atoms with van der Waals surface area (Å²) in [7, 11) is 1.31. The highest BCUT2D eigenvalue weighted by molar-refractivity contribution is 6.35. The van der Waals surface area contributed by atoms with E-state index in [1.165, 1.54) is 13.2 Å². The molecule has 0 atom stereocenters. The molecule has 1 N–H and O–H groups in total. The van der Waals surface area contributed by atoms with Gasteiger partial charge in [0.15, 0.2) is 0 Å². The van der Waals surface area contributed by atoms with E-state index in [-0.39, 0.29) is 12.2 Å². The molecule has 1 heterocycles. The van der Waals surface area contributed by atoms with Crippen molar-refractivity contribution in [1.29, 1.82) is 0 Å². The molecule has 5 heteroatoms. The monoisotopic (exact) mass is 251 g/mol. The topological polar surface area (TPSA) is 59.4 Å². The lowest BCUT2D eigenvalue weighted by molar-refractivity contribution is -0.139. The first-order valence-corrected chi connectivity index (χ1v) is 5.33. The van der Waals surface area contributed by atoms with Crippen LogP contribution in [0.3, 0.4) is 0 Å². The van der Waals surface area contributed by atoms with Crippen molar-refractivity contribution in [2.24, 2.45) is 0 Å². The minimum absolute atomic E-state index is 0.0134. The van der Waals surface area contributed by atoms with Crippen LogP contribution < -0.4 is 0 Å². The Labute approximate surface area is 103 Å². The molecule has 0 fully saturated rings. The number of carbonyl (C=O) groups is 1. The van der Waals surface area contributed by atoms with Crippen molar-refractivity contribution in [1.82, 2.24) is 4.98 Å². The third kappa shape index (κ3) is 2.31. The van der Waals surface area contributed by atoms with Gasteiger partial charge in [0.25, 0.3) is 0 Å². The second-order valence-electron chi connectivity index (χ2n) is 3.52. The van der Waals surface area contributed by atoms with E-state index in [0.717, 1.165) is 0 Å². The molecular weight excluding hydrogens is 242 g/mol. The Bertz CT molecular complexity index is 583. The number of hydrogen-bond acceptors (Lipinski definition) is 4. The molecular formula is C12H10ClNO3. The van der Waals surface area contributed by atoms with Gasteiger partial charge in [-0.3, -0.25) is 9.78 Å². The Morgan fingerprint density at radius 1 is 1.53 bits per heavy atom. The van der Waals surface area contributed by atoms with Crippen molar-refractivity contribution in [3.05, 3.63) is 35.0 Å². The number of fused-ring (bicyclic) bond motifs is 1. The van der Waals surface area contributed by atoms with E-state index in [1.54, 1.807) is 18.2 Å². The largest absolute Gasteiger partial charge is 0.507 e. The molecule has 17 heavy (non-hydrogen) atoms. The van der Waals surface area contributed by atoms with E-state index in [0.29, 0.717) is 21.6 Å². The van der Waals surface area contributed by atoms with Gasteiger partial charge in [-0.25, -0.2) is 0 Å². The van der Waals surface area contributed by atoms with Crippen molar-refractivity contribution in [2.45, 2.75) is 6.42 Å². The average Bonchev–Trinajstić information content (AvgIpc) is 2.28. The number of hydrogen-bond donors (Lipinski definition) is 1. The Balaban J connectivity index is 2.52. The van der Waals surface area contributed by atoms with Crippen molar-refractivity contribution < 1.29 is 14.6 Å². The summed E-state index contributed by atoms with van der Waals surface area (Å²) in [6.07, 6.45) is 0.0204. The van der Waals surface area contributed by atoms with E-state index >= 15 is 0 Å². The average molecular weight is 252 g/mol. The first-order chi connectivity index (χ1) is 8.11. The van der Waals surface area contributed by atoms with Gasteiger partial charge in [-0.15, -0.1) is 0 Å². The number of halogens is 1. The van der Waals surface area contributed by atoms with Crippen LogP contribution in [-0.2, 0) is 16.0 Å². The van der Waals surface area contributed by atoms with Gasteiger partial charge in [0.2, 0.25) is 0 Å². The molecule has 0 spiro atoms. The van der Waals surface area contributed by atoms with Gasteiger partial charge >= 0.3 is 5.97 Å².